The van der Waals surface area contributed by atoms with Crippen molar-refractivity contribution < 1.29 is 13.5 Å². The third-order valence-corrected chi connectivity index (χ3v) is 6.15. The summed E-state index contributed by atoms with van der Waals surface area (Å²) in [4.78, 5) is 0.248. The quantitative estimate of drug-likeness (QED) is 0.742. The van der Waals surface area contributed by atoms with Crippen molar-refractivity contribution in [2.75, 3.05) is 5.73 Å². The summed E-state index contributed by atoms with van der Waals surface area (Å²) in [5, 5.41) is 9.98. The van der Waals surface area contributed by atoms with Crippen molar-refractivity contribution in [2.45, 2.75) is 63.5 Å². The lowest BCUT2D eigenvalue weighted by atomic mass is 9.93. The Labute approximate surface area is 126 Å². The monoisotopic (exact) mass is 312 g/mol. The number of aliphatic hydroxyl groups is 1. The fourth-order valence-electron chi connectivity index (χ4n) is 2.95. The first-order chi connectivity index (χ1) is 9.74. The van der Waals surface area contributed by atoms with Crippen LogP contribution in [-0.2, 0) is 10.0 Å². The number of hydrogen-bond donors (Lipinski definition) is 3. The van der Waals surface area contributed by atoms with Crippen LogP contribution in [0.25, 0.3) is 0 Å². The maximum absolute atomic E-state index is 12.7. The van der Waals surface area contributed by atoms with Crippen LogP contribution < -0.4 is 10.5 Å². The van der Waals surface area contributed by atoms with Crippen LogP contribution in [0, 0.1) is 20.8 Å². The topological polar surface area (TPSA) is 92.4 Å². The van der Waals surface area contributed by atoms with Gasteiger partial charge in [0.1, 0.15) is 0 Å². The number of aliphatic hydroxyl groups excluding tert-OH is 1. The van der Waals surface area contributed by atoms with Gasteiger partial charge in [0.05, 0.1) is 11.0 Å². The lowest BCUT2D eigenvalue weighted by Gasteiger charge is -2.28. The van der Waals surface area contributed by atoms with Crippen molar-refractivity contribution >= 4 is 15.7 Å². The average Bonchev–Trinajstić information content (AvgIpc) is 2.39. The van der Waals surface area contributed by atoms with E-state index in [9.17, 15) is 13.5 Å². The van der Waals surface area contributed by atoms with Crippen LogP contribution >= 0.6 is 0 Å². The highest BCUT2D eigenvalue weighted by Gasteiger charge is 2.30. The zero-order valence-electron chi connectivity index (χ0n) is 12.8. The normalized spacial score (nSPS) is 23.2. The predicted molar refractivity (Wildman–Crippen MR) is 83.6 cm³/mol. The van der Waals surface area contributed by atoms with E-state index < -0.39 is 22.2 Å². The summed E-state index contributed by atoms with van der Waals surface area (Å²) in [7, 11) is -3.69. The van der Waals surface area contributed by atoms with E-state index >= 15 is 0 Å². The molecule has 118 valence electrons. The highest BCUT2D eigenvalue weighted by atomic mass is 32.2. The molecule has 4 N–H and O–H groups in total. The van der Waals surface area contributed by atoms with Crippen LogP contribution in [0.5, 0.6) is 0 Å². The van der Waals surface area contributed by atoms with E-state index in [1.54, 1.807) is 19.9 Å². The molecular formula is C15H24N2O3S. The van der Waals surface area contributed by atoms with Gasteiger partial charge in [0.25, 0.3) is 0 Å². The Hall–Kier alpha value is -1.11. The molecule has 0 amide bonds. The lowest BCUT2D eigenvalue weighted by Crippen LogP contribution is -2.45. The van der Waals surface area contributed by atoms with E-state index in [1.165, 1.54) is 0 Å². The van der Waals surface area contributed by atoms with Crippen LogP contribution in [0.2, 0.25) is 0 Å². The van der Waals surface area contributed by atoms with Crippen LogP contribution in [-0.4, -0.2) is 25.7 Å². The van der Waals surface area contributed by atoms with E-state index in [2.05, 4.69) is 4.72 Å². The van der Waals surface area contributed by atoms with Crippen LogP contribution in [0.3, 0.4) is 0 Å². The van der Waals surface area contributed by atoms with Gasteiger partial charge in [0.15, 0.2) is 0 Å². The molecule has 0 radical (unpaired) electrons. The SMILES string of the molecule is Cc1cc(N)c(C)c(S(=O)(=O)NC2CCCCC2O)c1C. The molecule has 0 aromatic heterocycles. The molecule has 2 atom stereocenters. The third-order valence-electron chi connectivity index (χ3n) is 4.38. The molecule has 1 aromatic carbocycles. The summed E-state index contributed by atoms with van der Waals surface area (Å²) in [6.45, 7) is 5.35. The van der Waals surface area contributed by atoms with Gasteiger partial charge < -0.3 is 10.8 Å². The Kier molecular flexibility index (Phi) is 4.60. The Balaban J connectivity index is 2.40. The molecule has 1 fully saturated rings. The molecule has 1 aromatic rings. The third kappa shape index (κ3) is 3.22. The number of hydrogen-bond acceptors (Lipinski definition) is 4. The minimum atomic E-state index is -3.69. The number of nitrogens with two attached hydrogens (primary N) is 1. The summed E-state index contributed by atoms with van der Waals surface area (Å²) in [5.41, 5.74) is 8.50. The average molecular weight is 312 g/mol. The molecule has 0 saturated heterocycles. The molecular weight excluding hydrogens is 288 g/mol. The summed E-state index contributed by atoms with van der Waals surface area (Å²) in [5.74, 6) is 0. The molecule has 1 aliphatic rings. The van der Waals surface area contributed by atoms with Gasteiger partial charge in [-0.15, -0.1) is 0 Å². The van der Waals surface area contributed by atoms with Gasteiger partial charge in [-0.25, -0.2) is 13.1 Å². The summed E-state index contributed by atoms with van der Waals surface area (Å²) < 4.78 is 28.1. The zero-order valence-corrected chi connectivity index (χ0v) is 13.6. The van der Waals surface area contributed by atoms with Gasteiger partial charge in [-0.1, -0.05) is 12.8 Å². The highest BCUT2D eigenvalue weighted by molar-refractivity contribution is 7.89. The van der Waals surface area contributed by atoms with E-state index in [0.29, 0.717) is 29.7 Å². The molecule has 0 heterocycles. The predicted octanol–water partition coefficient (Wildman–Crippen LogP) is 1.78. The van der Waals surface area contributed by atoms with Gasteiger partial charge in [0.2, 0.25) is 10.0 Å². The molecule has 2 rings (SSSR count). The van der Waals surface area contributed by atoms with Gasteiger partial charge in [-0.3, -0.25) is 0 Å². The molecule has 1 aliphatic carbocycles. The largest absolute Gasteiger partial charge is 0.398 e. The first-order valence-electron chi connectivity index (χ1n) is 7.30. The maximum Gasteiger partial charge on any atom is 0.241 e. The fraction of sp³-hybridized carbons (Fsp3) is 0.600. The minimum absolute atomic E-state index is 0.248. The maximum atomic E-state index is 12.7. The summed E-state index contributed by atoms with van der Waals surface area (Å²) in [6.07, 6.45) is 2.56. The molecule has 6 heteroatoms. The van der Waals surface area contributed by atoms with Crippen LogP contribution in [0.4, 0.5) is 5.69 Å². The van der Waals surface area contributed by atoms with Crippen molar-refractivity contribution in [1.82, 2.24) is 4.72 Å². The van der Waals surface area contributed by atoms with Crippen LogP contribution in [0.15, 0.2) is 11.0 Å². The standard InChI is InChI=1S/C15H24N2O3S/c1-9-8-12(16)11(3)15(10(9)2)21(19,20)17-13-6-4-5-7-14(13)18/h8,13-14,17-18H,4-7,16H2,1-3H3. The highest BCUT2D eigenvalue weighted by Crippen LogP contribution is 2.29. The Morgan fingerprint density at radius 1 is 1.19 bits per heavy atom. The van der Waals surface area contributed by atoms with Crippen LogP contribution in [0.1, 0.15) is 42.4 Å². The number of aryl methyl sites for hydroxylation is 1. The van der Waals surface area contributed by atoms with E-state index in [1.807, 2.05) is 6.92 Å². The Morgan fingerprint density at radius 3 is 2.43 bits per heavy atom. The number of benzene rings is 1. The Bertz CT molecular complexity index is 615. The second-order valence-corrected chi connectivity index (χ2v) is 7.59. The van der Waals surface area contributed by atoms with Crippen molar-refractivity contribution in [3.8, 4) is 0 Å². The first kappa shape index (κ1) is 16.3. The number of sulfonamides is 1. The molecule has 0 spiro atoms. The second kappa shape index (κ2) is 5.94. The van der Waals surface area contributed by atoms with Crippen molar-refractivity contribution in [1.29, 1.82) is 0 Å². The number of rotatable bonds is 3. The van der Waals surface area contributed by atoms with E-state index in [-0.39, 0.29) is 4.90 Å². The lowest BCUT2D eigenvalue weighted by molar-refractivity contribution is 0.101. The molecule has 2 unspecified atom stereocenters. The smallest absolute Gasteiger partial charge is 0.241 e. The Morgan fingerprint density at radius 2 is 1.81 bits per heavy atom. The van der Waals surface area contributed by atoms with Gasteiger partial charge in [-0.2, -0.15) is 0 Å². The first-order valence-corrected chi connectivity index (χ1v) is 8.79. The number of nitrogens with one attached hydrogen (secondary N) is 1. The second-order valence-electron chi connectivity index (χ2n) is 5.94. The fourth-order valence-corrected chi connectivity index (χ4v) is 4.83. The van der Waals surface area contributed by atoms with Gasteiger partial charge >= 0.3 is 0 Å². The zero-order chi connectivity index (χ0) is 15.8. The van der Waals surface area contributed by atoms with Crippen molar-refractivity contribution in [3.05, 3.63) is 22.8 Å². The van der Waals surface area contributed by atoms with Crippen molar-refractivity contribution in [2.24, 2.45) is 0 Å². The molecule has 5 nitrogen and oxygen atoms in total. The van der Waals surface area contributed by atoms with E-state index in [4.69, 9.17) is 5.73 Å². The number of nitrogen functional groups attached to an aromatic ring is 1. The molecule has 0 bridgehead atoms. The summed E-state index contributed by atoms with van der Waals surface area (Å²) >= 11 is 0. The molecule has 21 heavy (non-hydrogen) atoms. The van der Waals surface area contributed by atoms with Gasteiger partial charge in [-0.05, 0) is 56.4 Å². The number of anilines is 1. The summed E-state index contributed by atoms with van der Waals surface area (Å²) in [6, 6.07) is 1.38. The van der Waals surface area contributed by atoms with Crippen molar-refractivity contribution in [3.63, 3.8) is 0 Å². The molecule has 0 aliphatic heterocycles. The van der Waals surface area contributed by atoms with Gasteiger partial charge in [0, 0.05) is 11.7 Å². The minimum Gasteiger partial charge on any atom is -0.398 e. The molecule has 1 saturated carbocycles. The van der Waals surface area contributed by atoms with E-state index in [0.717, 1.165) is 18.4 Å².